The number of hydrogen-bond donors (Lipinski definition) is 0. The van der Waals surface area contributed by atoms with Gasteiger partial charge in [0.25, 0.3) is 5.88 Å². The maximum atomic E-state index is 12.3. The van der Waals surface area contributed by atoms with E-state index in [1.807, 2.05) is 60.2 Å². The van der Waals surface area contributed by atoms with Gasteiger partial charge in [0.05, 0.1) is 36.9 Å². The van der Waals surface area contributed by atoms with Crippen LogP contribution in [0, 0.1) is 6.92 Å². The number of carbonyl (C=O) groups is 1. The Morgan fingerprint density at radius 1 is 1.12 bits per heavy atom. The van der Waals surface area contributed by atoms with Gasteiger partial charge in [0.2, 0.25) is 0 Å². The molecule has 0 saturated carbocycles. The first kappa shape index (κ1) is 23.4. The molecule has 0 bridgehead atoms. The smallest absolute Gasteiger partial charge is 0.491 e. The van der Waals surface area contributed by atoms with Crippen LogP contribution in [0.4, 0.5) is 13.2 Å². The monoisotopic (exact) mass is 489 g/mol. The van der Waals surface area contributed by atoms with Crippen LogP contribution in [0.3, 0.4) is 0 Å². The minimum absolute atomic E-state index is 0.252. The van der Waals surface area contributed by atoms with E-state index in [1.165, 1.54) is 16.4 Å². The van der Waals surface area contributed by atoms with Crippen LogP contribution >= 0.6 is 11.8 Å². The topological polar surface area (TPSA) is 84.1 Å². The molecule has 0 aliphatic rings. The van der Waals surface area contributed by atoms with Crippen LogP contribution in [0.2, 0.25) is 0 Å². The molecular formula is C22H18F3N5O3S. The highest BCUT2D eigenvalue weighted by molar-refractivity contribution is 7.98. The molecular weight excluding hydrogens is 471 g/mol. The van der Waals surface area contributed by atoms with Gasteiger partial charge in [-0.3, -0.25) is 0 Å². The molecule has 0 fully saturated rings. The summed E-state index contributed by atoms with van der Waals surface area (Å²) in [5, 5.41) is 7.12. The molecule has 4 rings (SSSR count). The quantitative estimate of drug-likeness (QED) is 0.276. The molecule has 0 aliphatic heterocycles. The SMILES string of the molecule is COc1cc(-c2cccc(SCn3cc(OC(=O)C(F)(F)F)nn3)c2)ccc1-n1cnc(C)c1. The van der Waals surface area contributed by atoms with E-state index in [1.54, 1.807) is 13.4 Å². The minimum atomic E-state index is -5.10. The van der Waals surface area contributed by atoms with E-state index in [0.29, 0.717) is 5.75 Å². The van der Waals surface area contributed by atoms with Crippen molar-refractivity contribution in [3.05, 3.63) is 66.9 Å². The third-order valence-electron chi connectivity index (χ3n) is 4.65. The number of esters is 1. The highest BCUT2D eigenvalue weighted by Gasteiger charge is 2.41. The van der Waals surface area contributed by atoms with Crippen molar-refractivity contribution < 1.29 is 27.4 Å². The van der Waals surface area contributed by atoms with Crippen molar-refractivity contribution in [2.75, 3.05) is 7.11 Å². The van der Waals surface area contributed by atoms with Crippen LogP contribution in [0.25, 0.3) is 16.8 Å². The van der Waals surface area contributed by atoms with Gasteiger partial charge < -0.3 is 14.0 Å². The van der Waals surface area contributed by atoms with Crippen molar-refractivity contribution in [2.24, 2.45) is 0 Å². The number of aryl methyl sites for hydroxylation is 1. The number of methoxy groups -OCH3 is 1. The zero-order chi connectivity index (χ0) is 24.3. The van der Waals surface area contributed by atoms with Gasteiger partial charge in [-0.2, -0.15) is 13.2 Å². The number of hydrogen-bond acceptors (Lipinski definition) is 7. The molecule has 0 atom stereocenters. The van der Waals surface area contributed by atoms with Gasteiger partial charge in [-0.15, -0.1) is 11.8 Å². The van der Waals surface area contributed by atoms with E-state index in [0.717, 1.165) is 33.6 Å². The van der Waals surface area contributed by atoms with Crippen molar-refractivity contribution in [1.29, 1.82) is 0 Å². The number of imidazole rings is 1. The van der Waals surface area contributed by atoms with Gasteiger partial charge in [0, 0.05) is 11.1 Å². The summed E-state index contributed by atoms with van der Waals surface area (Å²) in [4.78, 5) is 16.0. The number of carbonyl (C=O) groups excluding carboxylic acids is 1. The second-order valence-electron chi connectivity index (χ2n) is 7.09. The highest BCUT2D eigenvalue weighted by Crippen LogP contribution is 2.32. The fourth-order valence-electron chi connectivity index (χ4n) is 3.07. The summed E-state index contributed by atoms with van der Waals surface area (Å²) in [5.74, 6) is -1.92. The lowest BCUT2D eigenvalue weighted by atomic mass is 10.0. The largest absolute Gasteiger partial charge is 0.495 e. The van der Waals surface area contributed by atoms with Gasteiger partial charge in [-0.05, 0) is 42.3 Å². The number of benzene rings is 2. The first-order valence-corrected chi connectivity index (χ1v) is 10.8. The van der Waals surface area contributed by atoms with Gasteiger partial charge in [-0.25, -0.2) is 14.5 Å². The van der Waals surface area contributed by atoms with Gasteiger partial charge in [-0.1, -0.05) is 28.5 Å². The molecule has 34 heavy (non-hydrogen) atoms. The predicted octanol–water partition coefficient (Wildman–Crippen LogP) is 4.67. The Balaban J connectivity index is 1.46. The van der Waals surface area contributed by atoms with Crippen molar-refractivity contribution in [1.82, 2.24) is 24.5 Å². The molecule has 0 unspecified atom stereocenters. The van der Waals surface area contributed by atoms with Crippen molar-refractivity contribution in [2.45, 2.75) is 23.9 Å². The number of nitrogens with zero attached hydrogens (tertiary/aromatic N) is 5. The Labute approximate surface area is 196 Å². The van der Waals surface area contributed by atoms with E-state index < -0.39 is 18.0 Å². The molecule has 4 aromatic rings. The normalized spacial score (nSPS) is 11.4. The molecule has 0 amide bonds. The van der Waals surface area contributed by atoms with Gasteiger partial charge in [0.1, 0.15) is 5.75 Å². The molecule has 2 aromatic carbocycles. The standard InChI is InChI=1S/C22H18F3N5O3S/c1-14-10-29(12-26-14)18-7-6-16(9-19(18)32-2)15-4-3-5-17(8-15)34-13-30-11-20(27-28-30)33-21(31)22(23,24)25/h3-12H,13H2,1-2H3. The van der Waals surface area contributed by atoms with Crippen molar-refractivity contribution >= 4 is 17.7 Å². The fraction of sp³-hybridized carbons (Fsp3) is 0.182. The molecule has 0 saturated heterocycles. The van der Waals surface area contributed by atoms with Crippen LogP contribution in [0.1, 0.15) is 5.69 Å². The molecule has 12 heteroatoms. The first-order chi connectivity index (χ1) is 16.2. The zero-order valence-corrected chi connectivity index (χ0v) is 18.8. The Morgan fingerprint density at radius 2 is 1.91 bits per heavy atom. The van der Waals surface area contributed by atoms with Crippen LogP contribution in [-0.4, -0.2) is 43.8 Å². The maximum Gasteiger partial charge on any atom is 0.491 e. The summed E-state index contributed by atoms with van der Waals surface area (Å²) in [7, 11) is 1.61. The lowest BCUT2D eigenvalue weighted by Crippen LogP contribution is -2.28. The van der Waals surface area contributed by atoms with Crippen LogP contribution in [0.5, 0.6) is 11.6 Å². The predicted molar refractivity (Wildman–Crippen MR) is 118 cm³/mol. The van der Waals surface area contributed by atoms with Crippen LogP contribution in [0.15, 0.2) is 66.1 Å². The van der Waals surface area contributed by atoms with E-state index in [2.05, 4.69) is 20.0 Å². The summed E-state index contributed by atoms with van der Waals surface area (Å²) in [5.41, 5.74) is 3.66. The minimum Gasteiger partial charge on any atom is -0.495 e. The fourth-order valence-corrected chi connectivity index (χ4v) is 3.87. The second kappa shape index (κ2) is 9.59. The van der Waals surface area contributed by atoms with Gasteiger partial charge >= 0.3 is 12.1 Å². The zero-order valence-electron chi connectivity index (χ0n) is 18.0. The molecule has 0 spiro atoms. The lowest BCUT2D eigenvalue weighted by Gasteiger charge is -2.12. The Hall–Kier alpha value is -3.80. The van der Waals surface area contributed by atoms with E-state index in [9.17, 15) is 18.0 Å². The molecule has 0 aliphatic carbocycles. The molecule has 2 heterocycles. The molecule has 2 aromatic heterocycles. The average Bonchev–Trinajstić information content (AvgIpc) is 3.45. The summed E-state index contributed by atoms with van der Waals surface area (Å²) in [6, 6.07) is 13.6. The van der Waals surface area contributed by atoms with E-state index in [-0.39, 0.29) is 5.88 Å². The van der Waals surface area contributed by atoms with Crippen molar-refractivity contribution in [3.8, 4) is 28.4 Å². The number of rotatable bonds is 7. The summed E-state index contributed by atoms with van der Waals surface area (Å²) in [6.07, 6.45) is -0.336. The molecule has 0 radical (unpaired) electrons. The highest BCUT2D eigenvalue weighted by atomic mass is 32.2. The lowest BCUT2D eigenvalue weighted by molar-refractivity contribution is -0.190. The summed E-state index contributed by atoms with van der Waals surface area (Å²) < 4.78 is 49.8. The Kier molecular flexibility index (Phi) is 6.59. The molecule has 0 N–H and O–H groups in total. The number of halogens is 3. The van der Waals surface area contributed by atoms with Crippen LogP contribution < -0.4 is 9.47 Å². The maximum absolute atomic E-state index is 12.3. The first-order valence-electron chi connectivity index (χ1n) is 9.84. The Bertz CT molecular complexity index is 1320. The summed E-state index contributed by atoms with van der Waals surface area (Å²) in [6.45, 7) is 1.91. The van der Waals surface area contributed by atoms with Crippen molar-refractivity contribution in [3.63, 3.8) is 0 Å². The average molecular weight is 489 g/mol. The van der Waals surface area contributed by atoms with E-state index in [4.69, 9.17) is 4.74 Å². The Morgan fingerprint density at radius 3 is 2.62 bits per heavy atom. The summed E-state index contributed by atoms with van der Waals surface area (Å²) >= 11 is 1.39. The second-order valence-corrected chi connectivity index (χ2v) is 8.11. The third kappa shape index (κ3) is 5.39. The molecule has 176 valence electrons. The number of aromatic nitrogens is 5. The third-order valence-corrected chi connectivity index (χ3v) is 5.63. The van der Waals surface area contributed by atoms with Crippen LogP contribution in [-0.2, 0) is 10.7 Å². The molecule has 8 nitrogen and oxygen atoms in total. The van der Waals surface area contributed by atoms with E-state index >= 15 is 0 Å². The number of ether oxygens (including phenoxy) is 2. The van der Waals surface area contributed by atoms with Gasteiger partial charge in [0.15, 0.2) is 0 Å². The number of thioether (sulfide) groups is 1. The number of alkyl halides is 3.